The van der Waals surface area contributed by atoms with Crippen molar-refractivity contribution >= 4 is 165 Å². The molecule has 7 aliphatic heterocycles. The lowest BCUT2D eigenvalue weighted by molar-refractivity contribution is -0.163. The van der Waals surface area contributed by atoms with Gasteiger partial charge in [0.05, 0.1) is 78.4 Å². The van der Waals surface area contributed by atoms with Crippen molar-refractivity contribution in [2.75, 3.05) is 85.8 Å². The number of nitrogens with zero attached hydrogens (tertiary/aromatic N) is 9. The van der Waals surface area contributed by atoms with Crippen molar-refractivity contribution < 1.29 is 96.6 Å². The van der Waals surface area contributed by atoms with E-state index >= 15 is 9.59 Å². The highest BCUT2D eigenvalue weighted by Gasteiger charge is 2.47. The van der Waals surface area contributed by atoms with E-state index in [9.17, 15) is 69.6 Å². The zero-order chi connectivity index (χ0) is 97.4. The van der Waals surface area contributed by atoms with E-state index in [1.165, 1.54) is 80.7 Å². The molecular weight excluding hydrogens is 1760 g/mol. The molecule has 9 N–H and O–H groups in total. The number of H-pyrrole nitrogens is 3. The Morgan fingerprint density at radius 1 is 0.526 bits per heavy atom. The lowest BCUT2D eigenvalue weighted by Gasteiger charge is -2.36. The van der Waals surface area contributed by atoms with E-state index in [1.54, 1.807) is 62.3 Å². The number of anilines is 1. The molecule has 714 valence electrons. The van der Waals surface area contributed by atoms with Gasteiger partial charge < -0.3 is 85.2 Å². The minimum atomic E-state index is -3.40. The lowest BCUT2D eigenvalue weighted by Crippen LogP contribution is -2.61. The highest BCUT2D eigenvalue weighted by atomic mass is 32.2. The third kappa shape index (κ3) is 24.1. The van der Waals surface area contributed by atoms with Crippen molar-refractivity contribution in [1.82, 2.24) is 80.6 Å². The molecule has 1 aromatic carbocycles. The summed E-state index contributed by atoms with van der Waals surface area (Å²) in [4.78, 5) is 219. The van der Waals surface area contributed by atoms with Crippen molar-refractivity contribution in [3.63, 3.8) is 0 Å². The van der Waals surface area contributed by atoms with Gasteiger partial charge in [0.15, 0.2) is 11.3 Å². The van der Waals surface area contributed by atoms with Crippen LogP contribution in [0.25, 0.3) is 80.0 Å². The number of benzene rings is 2. The highest BCUT2D eigenvalue weighted by molar-refractivity contribution is 7.86. The van der Waals surface area contributed by atoms with Crippen LogP contribution >= 0.6 is 0 Å². The maximum Gasteiger partial charge on any atom is 0.329 e. The number of carbonyl (C=O) groups is 12. The smallest absolute Gasteiger partial charge is 0.329 e. The van der Waals surface area contributed by atoms with Gasteiger partial charge >= 0.3 is 11.9 Å². The molecule has 10 bridgehead atoms. The van der Waals surface area contributed by atoms with Crippen LogP contribution < -0.4 is 32.4 Å². The number of rotatable bonds is 15. The third-order valence-electron chi connectivity index (χ3n) is 23.7. The number of hydrogen-bond acceptors (Lipinski definition) is 26. The SMILES string of the molecule is C1=Cc2nc1cc1ccc(cc3ccc(cc4ccc(cc5nc2C=C5)[nH]4)[nH]3)[nH]1.CS(=O)(=O)OCCCCOS(C)(=O)=O.Cc1c2oc3c(C)ccc(C(=O)N[C@@H]4C(=O)N[C@H](C(C)C)C(=O)N5CCC[C@H]5C(=O)N(C)CC(=O)N(C)[C@@H](C(C)C)C(=O)O[C@@H]4C)c3nc-2c(C(=O)N[C@@H]2C(=O)N[C@H](C(C)C)C(=O)N3CCC[C@H]3C(=O)N(C)CC(=O)N(C)[C@@H](C(C)C)C(=O)O[C@@H]2C)c(N)c1=O. The molecule has 10 amide bonds. The summed E-state index contributed by atoms with van der Waals surface area (Å²) in [6.45, 7) is 18.5. The van der Waals surface area contributed by atoms with E-state index in [0.717, 1.165) is 78.2 Å². The molecule has 4 aromatic heterocycles. The Kier molecular flexibility index (Phi) is 31.9. The fraction of sp³-hybridized carbons (Fsp3) is 0.478. The first-order valence-corrected chi connectivity index (χ1v) is 47.6. The van der Waals surface area contributed by atoms with E-state index in [0.29, 0.717) is 31.2 Å². The molecule has 0 unspecified atom stereocenters. The number of nitrogen functional groups attached to an aromatic ring is 1. The fourth-order valence-electron chi connectivity index (χ4n) is 16.6. The molecule has 4 fully saturated rings. The maximum atomic E-state index is 15.2. The second-order valence-corrected chi connectivity index (χ2v) is 38.8. The minimum absolute atomic E-state index is 0.0476. The molecule has 11 heterocycles. The first kappa shape index (κ1) is 101. The number of nitrogens with one attached hydrogen (secondary N) is 7. The van der Waals surface area contributed by atoms with Gasteiger partial charge in [-0.2, -0.15) is 16.8 Å². The maximum absolute atomic E-state index is 15.2. The van der Waals surface area contributed by atoms with Gasteiger partial charge in [-0.25, -0.2) is 24.5 Å². The minimum Gasteiger partial charge on any atom is -0.458 e. The number of hydrogen-bond donors (Lipinski definition) is 8. The highest BCUT2D eigenvalue weighted by Crippen LogP contribution is 2.36. The molecule has 4 saturated heterocycles. The number of unbranched alkanes of at least 4 members (excludes halogenated alkanes) is 1. The summed E-state index contributed by atoms with van der Waals surface area (Å²) in [5.41, 5.74) is 13.3. The summed E-state index contributed by atoms with van der Waals surface area (Å²) in [6, 6.07) is 12.8. The van der Waals surface area contributed by atoms with Gasteiger partial charge in [0.25, 0.3) is 32.1 Å². The molecule has 1 aliphatic carbocycles. The normalized spacial score (nSPS) is 21.8. The van der Waals surface area contributed by atoms with Gasteiger partial charge in [-0.15, -0.1) is 0 Å². The number of aromatic nitrogens is 6. The Balaban J connectivity index is 0.000000318. The summed E-state index contributed by atoms with van der Waals surface area (Å²) >= 11 is 0. The average molecular weight is 1880 g/mol. The lowest BCUT2D eigenvalue weighted by atomic mass is 9.98. The predicted molar refractivity (Wildman–Crippen MR) is 496 cm³/mol. The van der Waals surface area contributed by atoms with Crippen LogP contribution in [-0.4, -0.2) is 288 Å². The molecular formula is C92H117N17O22S2. The van der Waals surface area contributed by atoms with E-state index in [1.807, 2.05) is 36.4 Å². The van der Waals surface area contributed by atoms with E-state index in [4.69, 9.17) is 34.6 Å². The monoisotopic (exact) mass is 1880 g/mol. The second kappa shape index (κ2) is 42.3. The molecule has 8 aliphatic rings. The second-order valence-electron chi connectivity index (χ2n) is 35.5. The number of ether oxygens (including phenoxy) is 2. The number of esters is 2. The van der Waals surface area contributed by atoms with Gasteiger partial charge in [-0.3, -0.25) is 61.1 Å². The van der Waals surface area contributed by atoms with Gasteiger partial charge in [0.1, 0.15) is 71.8 Å². The van der Waals surface area contributed by atoms with Crippen LogP contribution in [0.1, 0.15) is 162 Å². The van der Waals surface area contributed by atoms with Crippen LogP contribution in [0.15, 0.2) is 82.0 Å². The van der Waals surface area contributed by atoms with Crippen molar-refractivity contribution in [2.24, 2.45) is 23.7 Å². The molecule has 41 heteroatoms. The number of aryl methyl sites for hydroxylation is 1. The van der Waals surface area contributed by atoms with Gasteiger partial charge in [0, 0.05) is 79.9 Å². The van der Waals surface area contributed by atoms with Crippen LogP contribution in [0, 0.1) is 37.5 Å². The van der Waals surface area contributed by atoms with Crippen molar-refractivity contribution in [2.45, 2.75) is 182 Å². The Hall–Kier alpha value is -13.0. The summed E-state index contributed by atoms with van der Waals surface area (Å²) < 4.78 is 69.0. The average Bonchev–Trinajstić information content (AvgIpc) is 1.34. The number of fused-ring (bicyclic) bond motifs is 15. The zero-order valence-electron chi connectivity index (χ0n) is 77.7. The fourth-order valence-corrected chi connectivity index (χ4v) is 17.4. The quantitative estimate of drug-likeness (QED) is 0.0188. The Labute approximate surface area is 769 Å². The summed E-state index contributed by atoms with van der Waals surface area (Å²) in [6.07, 6.45) is 9.18. The molecule has 10 atom stereocenters. The molecule has 13 rings (SSSR count). The topological polar surface area (TPSA) is 520 Å². The van der Waals surface area contributed by atoms with Crippen molar-refractivity contribution in [3.8, 4) is 11.5 Å². The van der Waals surface area contributed by atoms with Gasteiger partial charge in [-0.05, 0) is 186 Å². The number of carbonyl (C=O) groups excluding carboxylic acids is 12. The van der Waals surface area contributed by atoms with Gasteiger partial charge in [0.2, 0.25) is 52.7 Å². The molecule has 133 heavy (non-hydrogen) atoms. The van der Waals surface area contributed by atoms with Crippen molar-refractivity contribution in [1.29, 1.82) is 0 Å². The number of cyclic esters (lactones) is 2. The number of likely N-dealkylation sites (N-methyl/N-ethyl adjacent to an activating group) is 4. The first-order valence-electron chi connectivity index (χ1n) is 43.9. The Bertz CT molecular complexity index is 6100. The first-order chi connectivity index (χ1) is 62.6. The summed E-state index contributed by atoms with van der Waals surface area (Å²) in [5.74, 6) is -12.4. The van der Waals surface area contributed by atoms with E-state index in [-0.39, 0.29) is 67.1 Å². The van der Waals surface area contributed by atoms with Crippen LogP contribution in [0.3, 0.4) is 0 Å². The molecule has 0 saturated carbocycles. The molecule has 0 spiro atoms. The van der Waals surface area contributed by atoms with Gasteiger partial charge in [-0.1, -0.05) is 61.5 Å². The standard InChI is InChI=1S/C62H86N12O16.C24H17N5.C6H14O6S2/c1-27(2)42-59(84)73-23-17-19-36(73)57(82)69(13)25-38(75)71(15)48(29(5)6)61(86)88-33(11)44(55(80)65-42)67-53(78)35-22-21-31(9)51-46(35)64-47-40(41(63)50(77)32(10)52(47)90-51)54(79)68-45-34(12)89-62(87)49(30(7)8)72(16)39(76)26-70(14)58(83)37-20-18-24-74(37)60(85)43(28(3)4)66-56(45)81;1-2-16-12-18-4-6-20(27-18)14-22-8-10-24(29-22)23-9-7-21(28-23)13-19-5-3-17(26-19)11-15(1)25-16;1-13(7,8)11-5-3-4-6-12-14(2,9)10/h21-22,27-30,33-34,36-37,42-45,48-49H,17-20,23-26,63H2,1-16H3,(H,65,80)(H,66,81)(H,67,78)(H,68,79);1-14,25-27H;3-6H2,1-2H3/t33-,34-,36+,37+,42-,43-,44+,45+,48+,49+;;/m1../s1. The number of aromatic amines is 3. The van der Waals surface area contributed by atoms with E-state index in [2.05, 4.69) is 93.1 Å². The molecule has 5 aromatic rings. The number of amides is 10. The number of nitrogens with two attached hydrogens (primary N) is 1. The van der Waals surface area contributed by atoms with Crippen molar-refractivity contribution in [3.05, 3.63) is 128 Å². The summed E-state index contributed by atoms with van der Waals surface area (Å²) in [7, 11) is -1.21. The Morgan fingerprint density at radius 3 is 1.30 bits per heavy atom. The predicted octanol–water partition coefficient (Wildman–Crippen LogP) is 6.14. The summed E-state index contributed by atoms with van der Waals surface area (Å²) in [5, 5.41) is 10.7. The largest absolute Gasteiger partial charge is 0.458 e. The molecule has 0 radical (unpaired) electrons. The van der Waals surface area contributed by atoms with E-state index < -0.39 is 211 Å². The van der Waals surface area contributed by atoms with Crippen LogP contribution in [-0.2, 0) is 86.0 Å². The zero-order valence-corrected chi connectivity index (χ0v) is 79.3. The van der Waals surface area contributed by atoms with Crippen LogP contribution in [0.2, 0.25) is 0 Å². The Morgan fingerprint density at radius 2 is 0.917 bits per heavy atom. The van der Waals surface area contributed by atoms with Crippen LogP contribution in [0.5, 0.6) is 0 Å². The van der Waals surface area contributed by atoms with Crippen LogP contribution in [0.4, 0.5) is 5.69 Å². The third-order valence-corrected chi connectivity index (χ3v) is 24.9. The molecule has 39 nitrogen and oxygen atoms in total.